The van der Waals surface area contributed by atoms with Gasteiger partial charge in [0, 0.05) is 19.0 Å². The molecule has 17 heavy (non-hydrogen) atoms. The van der Waals surface area contributed by atoms with Gasteiger partial charge in [0.2, 0.25) is 0 Å². The van der Waals surface area contributed by atoms with E-state index in [-0.39, 0.29) is 5.78 Å². The lowest BCUT2D eigenvalue weighted by Gasteiger charge is -2.01. The van der Waals surface area contributed by atoms with E-state index in [2.05, 4.69) is 16.1 Å². The van der Waals surface area contributed by atoms with Gasteiger partial charge in [-0.15, -0.1) is 0 Å². The third kappa shape index (κ3) is 1.98. The maximum absolute atomic E-state index is 11.1. The summed E-state index contributed by atoms with van der Waals surface area (Å²) in [6, 6.07) is 5.65. The molecule has 2 aromatic heterocycles. The number of hydrogen-bond acceptors (Lipinski definition) is 3. The van der Waals surface area contributed by atoms with Crippen molar-refractivity contribution in [3.8, 4) is 5.69 Å². The lowest BCUT2D eigenvalue weighted by Crippen LogP contribution is -2.00. The van der Waals surface area contributed by atoms with Gasteiger partial charge in [0.05, 0.1) is 17.6 Å². The van der Waals surface area contributed by atoms with Gasteiger partial charge in [-0.25, -0.2) is 4.68 Å². The van der Waals surface area contributed by atoms with Crippen LogP contribution in [0.15, 0.2) is 30.6 Å². The van der Waals surface area contributed by atoms with Crippen molar-refractivity contribution in [3.05, 3.63) is 42.0 Å². The van der Waals surface area contributed by atoms with E-state index in [1.807, 2.05) is 16.9 Å². The number of carbonyl (C=O) groups excluding carboxylic acids is 1. The summed E-state index contributed by atoms with van der Waals surface area (Å²) >= 11 is 0. The number of pyridine rings is 1. The van der Waals surface area contributed by atoms with E-state index in [1.54, 1.807) is 12.3 Å². The van der Waals surface area contributed by atoms with Crippen molar-refractivity contribution in [2.24, 2.45) is 0 Å². The molecule has 0 bridgehead atoms. The molecule has 0 spiro atoms. The van der Waals surface area contributed by atoms with Crippen LogP contribution in [-0.2, 0) is 0 Å². The second-order valence-corrected chi connectivity index (χ2v) is 4.42. The number of nitrogens with zero attached hydrogens (tertiary/aromatic N) is 3. The average Bonchev–Trinajstić information content (AvgIpc) is 3.07. The van der Waals surface area contributed by atoms with Crippen molar-refractivity contribution in [2.75, 3.05) is 0 Å². The quantitative estimate of drug-likeness (QED) is 0.756. The molecule has 0 N–H and O–H groups in total. The van der Waals surface area contributed by atoms with E-state index in [1.165, 1.54) is 19.8 Å². The van der Waals surface area contributed by atoms with Crippen LogP contribution in [-0.4, -0.2) is 20.5 Å². The summed E-state index contributed by atoms with van der Waals surface area (Å²) in [5.74, 6) is 0.636. The van der Waals surface area contributed by atoms with Crippen molar-refractivity contribution in [2.45, 2.75) is 25.7 Å². The van der Waals surface area contributed by atoms with E-state index in [9.17, 15) is 4.79 Å². The second kappa shape index (κ2) is 3.80. The summed E-state index contributed by atoms with van der Waals surface area (Å²) in [7, 11) is 0. The lowest BCUT2D eigenvalue weighted by molar-refractivity contribution is 0.101. The predicted octanol–water partition coefficient (Wildman–Crippen LogP) is 2.35. The van der Waals surface area contributed by atoms with Crippen LogP contribution in [0.2, 0.25) is 0 Å². The molecule has 0 radical (unpaired) electrons. The lowest BCUT2D eigenvalue weighted by atomic mass is 10.2. The van der Waals surface area contributed by atoms with Gasteiger partial charge in [-0.3, -0.25) is 9.78 Å². The van der Waals surface area contributed by atoms with Gasteiger partial charge in [0.1, 0.15) is 5.69 Å². The van der Waals surface area contributed by atoms with E-state index >= 15 is 0 Å². The van der Waals surface area contributed by atoms with Crippen LogP contribution < -0.4 is 0 Å². The van der Waals surface area contributed by atoms with E-state index in [0.717, 1.165) is 11.4 Å². The molecule has 2 heterocycles. The molecule has 86 valence electrons. The number of aromatic nitrogens is 3. The summed E-state index contributed by atoms with van der Waals surface area (Å²) in [6.07, 6.45) is 6.12. The Morgan fingerprint density at radius 2 is 2.18 bits per heavy atom. The Labute approximate surface area is 99.3 Å². The summed E-state index contributed by atoms with van der Waals surface area (Å²) < 4.78 is 1.81. The topological polar surface area (TPSA) is 47.8 Å². The van der Waals surface area contributed by atoms with Crippen molar-refractivity contribution in [3.63, 3.8) is 0 Å². The minimum absolute atomic E-state index is 0.0179. The summed E-state index contributed by atoms with van der Waals surface area (Å²) in [6.45, 7) is 1.51. The zero-order valence-corrected chi connectivity index (χ0v) is 9.63. The van der Waals surface area contributed by atoms with E-state index in [0.29, 0.717) is 11.6 Å². The Hall–Kier alpha value is -1.97. The minimum Gasteiger partial charge on any atom is -0.293 e. The SMILES string of the molecule is CC(=O)c1ccc(-n2ccc(C3CC3)n2)cn1. The fourth-order valence-corrected chi connectivity index (χ4v) is 1.81. The monoisotopic (exact) mass is 227 g/mol. The van der Waals surface area contributed by atoms with Crippen molar-refractivity contribution >= 4 is 5.78 Å². The number of carbonyl (C=O) groups is 1. The highest BCUT2D eigenvalue weighted by atomic mass is 16.1. The van der Waals surface area contributed by atoms with E-state index in [4.69, 9.17) is 0 Å². The maximum Gasteiger partial charge on any atom is 0.178 e. The molecule has 2 aromatic rings. The molecule has 0 saturated heterocycles. The van der Waals surface area contributed by atoms with Gasteiger partial charge in [-0.1, -0.05) is 0 Å². The van der Waals surface area contributed by atoms with Gasteiger partial charge in [-0.05, 0) is 31.0 Å². The number of hydrogen-bond donors (Lipinski definition) is 0. The first kappa shape index (κ1) is 10.2. The highest BCUT2D eigenvalue weighted by Gasteiger charge is 2.25. The molecule has 1 aliphatic rings. The van der Waals surface area contributed by atoms with Gasteiger partial charge in [-0.2, -0.15) is 5.10 Å². The van der Waals surface area contributed by atoms with Crippen LogP contribution in [0, 0.1) is 0 Å². The van der Waals surface area contributed by atoms with Crippen molar-refractivity contribution in [1.29, 1.82) is 0 Å². The standard InChI is InChI=1S/C13H13N3O/c1-9(17)12-5-4-11(8-14-12)16-7-6-13(15-16)10-2-3-10/h4-8,10H,2-3H2,1H3. The molecular weight excluding hydrogens is 214 g/mol. The van der Waals surface area contributed by atoms with Crippen LogP contribution >= 0.6 is 0 Å². The Morgan fingerprint density at radius 3 is 2.76 bits per heavy atom. The molecule has 4 heteroatoms. The Bertz CT molecular complexity index is 552. The molecule has 3 rings (SSSR count). The molecule has 0 aromatic carbocycles. The molecule has 1 aliphatic carbocycles. The molecule has 0 unspecified atom stereocenters. The largest absolute Gasteiger partial charge is 0.293 e. The van der Waals surface area contributed by atoms with Gasteiger partial charge in [0.15, 0.2) is 5.78 Å². The first-order chi connectivity index (χ1) is 8.24. The van der Waals surface area contributed by atoms with Gasteiger partial charge >= 0.3 is 0 Å². The highest BCUT2D eigenvalue weighted by molar-refractivity contribution is 5.92. The Kier molecular flexibility index (Phi) is 2.28. The maximum atomic E-state index is 11.1. The van der Waals surface area contributed by atoms with Crippen LogP contribution in [0.3, 0.4) is 0 Å². The first-order valence-corrected chi connectivity index (χ1v) is 5.77. The van der Waals surface area contributed by atoms with Crippen molar-refractivity contribution < 1.29 is 4.79 Å². The predicted molar refractivity (Wildman–Crippen MR) is 63.3 cm³/mol. The summed E-state index contributed by atoms with van der Waals surface area (Å²) in [5.41, 5.74) is 2.53. The number of Topliss-reactive ketones (excluding diaryl/α,β-unsaturated/α-hetero) is 1. The number of ketones is 1. The third-order valence-corrected chi connectivity index (χ3v) is 2.98. The average molecular weight is 227 g/mol. The zero-order valence-electron chi connectivity index (χ0n) is 9.63. The van der Waals surface area contributed by atoms with Crippen LogP contribution in [0.1, 0.15) is 41.9 Å². The normalized spacial score (nSPS) is 14.9. The van der Waals surface area contributed by atoms with Crippen LogP contribution in [0.5, 0.6) is 0 Å². The third-order valence-electron chi connectivity index (χ3n) is 2.98. The minimum atomic E-state index is -0.0179. The Morgan fingerprint density at radius 1 is 1.35 bits per heavy atom. The molecule has 0 atom stereocenters. The second-order valence-electron chi connectivity index (χ2n) is 4.42. The molecule has 0 aliphatic heterocycles. The fraction of sp³-hybridized carbons (Fsp3) is 0.308. The summed E-state index contributed by atoms with van der Waals surface area (Å²) in [5, 5.41) is 4.51. The van der Waals surface area contributed by atoms with E-state index < -0.39 is 0 Å². The fourth-order valence-electron chi connectivity index (χ4n) is 1.81. The van der Waals surface area contributed by atoms with Crippen LogP contribution in [0.4, 0.5) is 0 Å². The highest BCUT2D eigenvalue weighted by Crippen LogP contribution is 2.38. The summed E-state index contributed by atoms with van der Waals surface area (Å²) in [4.78, 5) is 15.2. The molecule has 1 saturated carbocycles. The number of rotatable bonds is 3. The zero-order chi connectivity index (χ0) is 11.8. The van der Waals surface area contributed by atoms with Crippen molar-refractivity contribution in [1.82, 2.24) is 14.8 Å². The molecule has 4 nitrogen and oxygen atoms in total. The smallest absolute Gasteiger partial charge is 0.178 e. The first-order valence-electron chi connectivity index (χ1n) is 5.77. The van der Waals surface area contributed by atoms with Crippen LogP contribution in [0.25, 0.3) is 5.69 Å². The molecule has 1 fully saturated rings. The molecule has 0 amide bonds. The van der Waals surface area contributed by atoms with Gasteiger partial charge in [0.25, 0.3) is 0 Å². The Balaban J connectivity index is 1.89. The molecular formula is C13H13N3O. The van der Waals surface area contributed by atoms with Gasteiger partial charge < -0.3 is 0 Å².